The van der Waals surface area contributed by atoms with Crippen LogP contribution >= 0.6 is 11.6 Å². The Kier molecular flexibility index (Phi) is 7.72. The number of aromatic nitrogens is 2. The Balaban J connectivity index is 2.79. The minimum absolute atomic E-state index is 0.170. The van der Waals surface area contributed by atoms with Crippen LogP contribution in [0.2, 0.25) is 5.02 Å². The predicted octanol–water partition coefficient (Wildman–Crippen LogP) is 6.25. The van der Waals surface area contributed by atoms with E-state index < -0.39 is 0 Å². The van der Waals surface area contributed by atoms with Gasteiger partial charge in [-0.25, -0.2) is 4.68 Å². The van der Waals surface area contributed by atoms with Crippen LogP contribution in [0.25, 0.3) is 0 Å². The molecule has 0 saturated heterocycles. The van der Waals surface area contributed by atoms with Crippen molar-refractivity contribution in [1.82, 2.24) is 9.78 Å². The highest BCUT2D eigenvalue weighted by molar-refractivity contribution is 6.31. The minimum atomic E-state index is -0.374. The topological polar surface area (TPSA) is 17.8 Å². The van der Waals surface area contributed by atoms with E-state index in [1.807, 2.05) is 0 Å². The summed E-state index contributed by atoms with van der Waals surface area (Å²) in [5.41, 5.74) is 0.326. The van der Waals surface area contributed by atoms with Crippen molar-refractivity contribution >= 4 is 11.6 Å². The van der Waals surface area contributed by atoms with E-state index >= 15 is 0 Å². The SMILES string of the molecule is CCCCCCCC(C)(CCCC)n1nc(C)c(Cl)c1F. The molecule has 0 amide bonds. The fourth-order valence-corrected chi connectivity index (χ4v) is 2.96. The summed E-state index contributed by atoms with van der Waals surface area (Å²) in [5.74, 6) is -0.374. The van der Waals surface area contributed by atoms with Crippen molar-refractivity contribution in [2.45, 2.75) is 91.0 Å². The maximum absolute atomic E-state index is 14.3. The number of unbranched alkanes of at least 4 members (excludes halogenated alkanes) is 5. The average molecular weight is 317 g/mol. The van der Waals surface area contributed by atoms with E-state index in [0.29, 0.717) is 5.69 Å². The van der Waals surface area contributed by atoms with Gasteiger partial charge in [-0.3, -0.25) is 0 Å². The molecular weight excluding hydrogens is 287 g/mol. The second-order valence-corrected chi connectivity index (χ2v) is 6.74. The molecular formula is C17H30ClFN2. The lowest BCUT2D eigenvalue weighted by molar-refractivity contribution is 0.200. The number of nitrogens with zero attached hydrogens (tertiary/aromatic N) is 2. The second-order valence-electron chi connectivity index (χ2n) is 6.37. The first kappa shape index (κ1) is 18.5. The minimum Gasteiger partial charge on any atom is -0.232 e. The first-order chi connectivity index (χ1) is 9.96. The van der Waals surface area contributed by atoms with Gasteiger partial charge in [-0.2, -0.15) is 9.49 Å². The summed E-state index contributed by atoms with van der Waals surface area (Å²) < 4.78 is 15.9. The first-order valence-corrected chi connectivity index (χ1v) is 8.75. The summed E-state index contributed by atoms with van der Waals surface area (Å²) in [5, 5.41) is 4.53. The highest BCUT2D eigenvalue weighted by atomic mass is 35.5. The number of halogens is 2. The number of rotatable bonds is 10. The molecule has 0 fully saturated rings. The zero-order chi connectivity index (χ0) is 15.9. The van der Waals surface area contributed by atoms with Crippen molar-refractivity contribution in [2.24, 2.45) is 0 Å². The van der Waals surface area contributed by atoms with Gasteiger partial charge in [0.25, 0.3) is 0 Å². The molecule has 0 spiro atoms. The summed E-state index contributed by atoms with van der Waals surface area (Å²) in [7, 11) is 0. The van der Waals surface area contributed by atoms with E-state index in [1.165, 1.54) is 25.7 Å². The van der Waals surface area contributed by atoms with Crippen LogP contribution in [0.3, 0.4) is 0 Å². The average Bonchev–Trinajstić information content (AvgIpc) is 2.73. The van der Waals surface area contributed by atoms with Crippen molar-refractivity contribution < 1.29 is 4.39 Å². The molecule has 0 N–H and O–H groups in total. The fraction of sp³-hybridized carbons (Fsp3) is 0.824. The van der Waals surface area contributed by atoms with E-state index in [4.69, 9.17) is 11.6 Å². The first-order valence-electron chi connectivity index (χ1n) is 8.37. The fourth-order valence-electron chi connectivity index (χ4n) is 2.84. The third-order valence-electron chi connectivity index (χ3n) is 4.33. The van der Waals surface area contributed by atoms with E-state index in [9.17, 15) is 4.39 Å². The molecule has 0 saturated carbocycles. The number of aryl methyl sites for hydroxylation is 1. The van der Waals surface area contributed by atoms with Crippen LogP contribution in [-0.2, 0) is 5.54 Å². The van der Waals surface area contributed by atoms with Gasteiger partial charge in [0.1, 0.15) is 5.02 Å². The van der Waals surface area contributed by atoms with Crippen LogP contribution < -0.4 is 0 Å². The predicted molar refractivity (Wildman–Crippen MR) is 88.5 cm³/mol. The molecule has 1 aromatic rings. The Bertz CT molecular complexity index is 431. The zero-order valence-electron chi connectivity index (χ0n) is 14.0. The lowest BCUT2D eigenvalue weighted by atomic mass is 9.88. The van der Waals surface area contributed by atoms with Gasteiger partial charge in [-0.1, -0.05) is 70.4 Å². The standard InChI is InChI=1S/C17H30ClFN2/c1-5-7-9-10-11-13-17(4,12-8-6-2)21-16(19)15(18)14(3)20-21/h5-13H2,1-4H3. The molecule has 0 aliphatic heterocycles. The van der Waals surface area contributed by atoms with Crippen LogP contribution in [0.4, 0.5) is 4.39 Å². The highest BCUT2D eigenvalue weighted by Crippen LogP contribution is 2.33. The monoisotopic (exact) mass is 316 g/mol. The molecule has 0 aromatic carbocycles. The van der Waals surface area contributed by atoms with Gasteiger partial charge in [0.2, 0.25) is 5.95 Å². The highest BCUT2D eigenvalue weighted by Gasteiger charge is 2.31. The van der Waals surface area contributed by atoms with Crippen molar-refractivity contribution in [2.75, 3.05) is 0 Å². The van der Waals surface area contributed by atoms with Crippen molar-refractivity contribution in [3.63, 3.8) is 0 Å². The Hall–Kier alpha value is -0.570. The Morgan fingerprint density at radius 1 is 1.05 bits per heavy atom. The molecule has 0 aliphatic rings. The molecule has 1 heterocycles. The van der Waals surface area contributed by atoms with Crippen LogP contribution in [0.1, 0.15) is 84.3 Å². The van der Waals surface area contributed by atoms with Crippen molar-refractivity contribution in [1.29, 1.82) is 0 Å². The molecule has 21 heavy (non-hydrogen) atoms. The molecule has 4 heteroatoms. The molecule has 0 radical (unpaired) electrons. The summed E-state index contributed by atoms with van der Waals surface area (Å²) in [6, 6.07) is 0. The van der Waals surface area contributed by atoms with E-state index in [0.717, 1.165) is 32.1 Å². The lowest BCUT2D eigenvalue weighted by Gasteiger charge is -2.30. The second kappa shape index (κ2) is 8.77. The number of hydrogen-bond donors (Lipinski definition) is 0. The Morgan fingerprint density at radius 3 is 2.14 bits per heavy atom. The molecule has 0 aliphatic carbocycles. The summed E-state index contributed by atoms with van der Waals surface area (Å²) in [6.45, 7) is 8.27. The van der Waals surface area contributed by atoms with Gasteiger partial charge in [0, 0.05) is 0 Å². The van der Waals surface area contributed by atoms with E-state index in [-0.39, 0.29) is 16.5 Å². The Labute approximate surface area is 134 Å². The van der Waals surface area contributed by atoms with Gasteiger partial charge in [-0.15, -0.1) is 0 Å². The molecule has 1 unspecified atom stereocenters. The molecule has 2 nitrogen and oxygen atoms in total. The molecule has 1 aromatic heterocycles. The lowest BCUT2D eigenvalue weighted by Crippen LogP contribution is -2.32. The van der Waals surface area contributed by atoms with Crippen LogP contribution in [0.15, 0.2) is 0 Å². The van der Waals surface area contributed by atoms with Crippen LogP contribution in [-0.4, -0.2) is 9.78 Å². The number of hydrogen-bond acceptors (Lipinski definition) is 1. The van der Waals surface area contributed by atoms with Crippen molar-refractivity contribution in [3.05, 3.63) is 16.7 Å². The van der Waals surface area contributed by atoms with Crippen molar-refractivity contribution in [3.8, 4) is 0 Å². The van der Waals surface area contributed by atoms with Gasteiger partial charge in [0.05, 0.1) is 11.2 Å². The van der Waals surface area contributed by atoms with Gasteiger partial charge >= 0.3 is 0 Å². The maximum atomic E-state index is 14.3. The molecule has 1 rings (SSSR count). The summed E-state index contributed by atoms with van der Waals surface area (Å²) >= 11 is 5.98. The quantitative estimate of drug-likeness (QED) is 0.466. The summed E-state index contributed by atoms with van der Waals surface area (Å²) in [4.78, 5) is 0. The molecule has 0 bridgehead atoms. The van der Waals surface area contributed by atoms with Crippen LogP contribution in [0, 0.1) is 12.9 Å². The van der Waals surface area contributed by atoms with Crippen LogP contribution in [0.5, 0.6) is 0 Å². The Morgan fingerprint density at radius 2 is 1.62 bits per heavy atom. The smallest absolute Gasteiger partial charge is 0.231 e. The van der Waals surface area contributed by atoms with Gasteiger partial charge < -0.3 is 0 Å². The third kappa shape index (κ3) is 4.98. The third-order valence-corrected chi connectivity index (χ3v) is 4.76. The maximum Gasteiger partial charge on any atom is 0.231 e. The van der Waals surface area contributed by atoms with Gasteiger partial charge in [0.15, 0.2) is 0 Å². The van der Waals surface area contributed by atoms with Gasteiger partial charge in [-0.05, 0) is 26.7 Å². The summed E-state index contributed by atoms with van der Waals surface area (Å²) in [6.07, 6.45) is 10.2. The molecule has 1 atom stereocenters. The van der Waals surface area contributed by atoms with E-state index in [2.05, 4.69) is 25.9 Å². The largest absolute Gasteiger partial charge is 0.232 e. The normalized spacial score (nSPS) is 14.4. The molecule has 122 valence electrons. The zero-order valence-corrected chi connectivity index (χ0v) is 14.8. The van der Waals surface area contributed by atoms with E-state index in [1.54, 1.807) is 11.6 Å².